The summed E-state index contributed by atoms with van der Waals surface area (Å²) in [5.74, 6) is 0. The zero-order valence-corrected chi connectivity index (χ0v) is 8.67. The zero-order chi connectivity index (χ0) is 10.7. The second kappa shape index (κ2) is 4.23. The van der Waals surface area contributed by atoms with Gasteiger partial charge in [-0.15, -0.1) is 5.10 Å². The molecule has 0 aliphatic rings. The predicted molar refractivity (Wildman–Crippen MR) is 58.2 cm³/mol. The van der Waals surface area contributed by atoms with Crippen molar-refractivity contribution in [1.82, 2.24) is 15.0 Å². The van der Waals surface area contributed by atoms with Gasteiger partial charge in [0.2, 0.25) is 0 Å². The molecular formula is C11H14N4. The Kier molecular flexibility index (Phi) is 2.78. The molecule has 4 nitrogen and oxygen atoms in total. The maximum Gasteiger partial charge on any atom is 0.0991 e. The van der Waals surface area contributed by atoms with Gasteiger partial charge in [-0.2, -0.15) is 0 Å². The number of rotatable bonds is 3. The van der Waals surface area contributed by atoms with Crippen molar-refractivity contribution in [2.45, 2.75) is 19.5 Å². The van der Waals surface area contributed by atoms with E-state index in [1.807, 2.05) is 31.3 Å². The summed E-state index contributed by atoms with van der Waals surface area (Å²) in [5, 5.41) is 8.02. The first-order valence-corrected chi connectivity index (χ1v) is 4.95. The third-order valence-corrected chi connectivity index (χ3v) is 2.21. The van der Waals surface area contributed by atoms with Crippen molar-refractivity contribution in [1.29, 1.82) is 0 Å². The minimum absolute atomic E-state index is 0.0606. The molecule has 0 saturated heterocycles. The second-order valence-corrected chi connectivity index (χ2v) is 3.62. The number of benzene rings is 1. The van der Waals surface area contributed by atoms with Gasteiger partial charge in [0.15, 0.2) is 0 Å². The highest BCUT2D eigenvalue weighted by Crippen LogP contribution is 2.06. The van der Waals surface area contributed by atoms with Crippen LogP contribution in [0.3, 0.4) is 0 Å². The molecule has 78 valence electrons. The normalized spacial score (nSPS) is 12.7. The van der Waals surface area contributed by atoms with E-state index in [9.17, 15) is 0 Å². The molecule has 1 atom stereocenters. The SMILES string of the molecule is CC(N)c1cn(Cc2ccccc2)nn1. The van der Waals surface area contributed by atoms with E-state index >= 15 is 0 Å². The number of hydrogen-bond acceptors (Lipinski definition) is 3. The molecule has 0 saturated carbocycles. The van der Waals surface area contributed by atoms with Crippen LogP contribution in [0.25, 0.3) is 0 Å². The summed E-state index contributed by atoms with van der Waals surface area (Å²) in [6, 6.07) is 10.1. The molecule has 0 radical (unpaired) electrons. The van der Waals surface area contributed by atoms with Crippen molar-refractivity contribution in [3.05, 3.63) is 47.8 Å². The molecule has 0 bridgehead atoms. The molecule has 1 aromatic heterocycles. The molecule has 0 amide bonds. The largest absolute Gasteiger partial charge is 0.323 e. The quantitative estimate of drug-likeness (QED) is 0.817. The molecule has 0 aliphatic carbocycles. The Labute approximate surface area is 88.7 Å². The number of hydrogen-bond donors (Lipinski definition) is 1. The Morgan fingerprint density at radius 2 is 2.07 bits per heavy atom. The average molecular weight is 202 g/mol. The second-order valence-electron chi connectivity index (χ2n) is 3.62. The molecular weight excluding hydrogens is 188 g/mol. The van der Waals surface area contributed by atoms with Gasteiger partial charge in [-0.25, -0.2) is 4.68 Å². The van der Waals surface area contributed by atoms with Gasteiger partial charge in [0.05, 0.1) is 18.4 Å². The van der Waals surface area contributed by atoms with Crippen molar-refractivity contribution in [3.8, 4) is 0 Å². The maximum atomic E-state index is 5.70. The van der Waals surface area contributed by atoms with Crippen molar-refractivity contribution in [2.24, 2.45) is 5.73 Å². The van der Waals surface area contributed by atoms with E-state index in [-0.39, 0.29) is 6.04 Å². The lowest BCUT2D eigenvalue weighted by Gasteiger charge is -2.00. The van der Waals surface area contributed by atoms with Crippen molar-refractivity contribution >= 4 is 0 Å². The van der Waals surface area contributed by atoms with Gasteiger partial charge in [-0.3, -0.25) is 0 Å². The van der Waals surface area contributed by atoms with E-state index in [2.05, 4.69) is 22.4 Å². The van der Waals surface area contributed by atoms with Crippen molar-refractivity contribution < 1.29 is 0 Å². The highest BCUT2D eigenvalue weighted by Gasteiger charge is 2.04. The molecule has 0 fully saturated rings. The molecule has 2 rings (SSSR count). The van der Waals surface area contributed by atoms with Crippen LogP contribution in [0.2, 0.25) is 0 Å². The van der Waals surface area contributed by atoms with Crippen LogP contribution in [0, 0.1) is 0 Å². The third kappa shape index (κ3) is 2.41. The molecule has 4 heteroatoms. The third-order valence-electron chi connectivity index (χ3n) is 2.21. The fraction of sp³-hybridized carbons (Fsp3) is 0.273. The maximum absolute atomic E-state index is 5.70. The number of nitrogens with two attached hydrogens (primary N) is 1. The van der Waals surface area contributed by atoms with Gasteiger partial charge in [-0.1, -0.05) is 35.5 Å². The van der Waals surface area contributed by atoms with E-state index in [1.165, 1.54) is 5.56 Å². The molecule has 0 aliphatic heterocycles. The lowest BCUT2D eigenvalue weighted by molar-refractivity contribution is 0.648. The van der Waals surface area contributed by atoms with Crippen LogP contribution in [-0.4, -0.2) is 15.0 Å². The molecule has 2 N–H and O–H groups in total. The van der Waals surface area contributed by atoms with Crippen LogP contribution in [0.4, 0.5) is 0 Å². The Morgan fingerprint density at radius 3 is 2.67 bits per heavy atom. The summed E-state index contributed by atoms with van der Waals surface area (Å²) in [6.07, 6.45) is 1.89. The van der Waals surface area contributed by atoms with Gasteiger partial charge in [0.1, 0.15) is 0 Å². The summed E-state index contributed by atoms with van der Waals surface area (Å²) in [4.78, 5) is 0. The molecule has 1 aromatic carbocycles. The van der Waals surface area contributed by atoms with Gasteiger partial charge in [-0.05, 0) is 12.5 Å². The Morgan fingerprint density at radius 1 is 1.33 bits per heavy atom. The van der Waals surface area contributed by atoms with Crippen LogP contribution in [-0.2, 0) is 6.54 Å². The Hall–Kier alpha value is -1.68. The fourth-order valence-electron chi connectivity index (χ4n) is 1.37. The monoisotopic (exact) mass is 202 g/mol. The lowest BCUT2D eigenvalue weighted by Crippen LogP contribution is -2.05. The van der Waals surface area contributed by atoms with E-state index in [4.69, 9.17) is 5.73 Å². The first-order valence-electron chi connectivity index (χ1n) is 4.95. The molecule has 2 aromatic rings. The summed E-state index contributed by atoms with van der Waals surface area (Å²) in [6.45, 7) is 2.64. The van der Waals surface area contributed by atoms with Crippen LogP contribution in [0.1, 0.15) is 24.2 Å². The Balaban J connectivity index is 2.12. The van der Waals surface area contributed by atoms with Gasteiger partial charge < -0.3 is 5.73 Å². The summed E-state index contributed by atoms with van der Waals surface area (Å²) >= 11 is 0. The predicted octanol–water partition coefficient (Wildman–Crippen LogP) is 1.35. The molecule has 1 unspecified atom stereocenters. The van der Waals surface area contributed by atoms with Crippen LogP contribution in [0.15, 0.2) is 36.5 Å². The number of nitrogens with zero attached hydrogens (tertiary/aromatic N) is 3. The van der Waals surface area contributed by atoms with Crippen LogP contribution in [0.5, 0.6) is 0 Å². The zero-order valence-electron chi connectivity index (χ0n) is 8.67. The minimum atomic E-state index is -0.0606. The standard InChI is InChI=1S/C11H14N4/c1-9(12)11-8-15(14-13-11)7-10-5-3-2-4-6-10/h2-6,8-9H,7,12H2,1H3. The van der Waals surface area contributed by atoms with E-state index < -0.39 is 0 Å². The van der Waals surface area contributed by atoms with Gasteiger partial charge in [0, 0.05) is 6.04 Å². The summed E-state index contributed by atoms with van der Waals surface area (Å²) in [7, 11) is 0. The van der Waals surface area contributed by atoms with Gasteiger partial charge >= 0.3 is 0 Å². The van der Waals surface area contributed by atoms with E-state index in [0.717, 1.165) is 12.2 Å². The van der Waals surface area contributed by atoms with Gasteiger partial charge in [0.25, 0.3) is 0 Å². The van der Waals surface area contributed by atoms with Crippen molar-refractivity contribution in [2.75, 3.05) is 0 Å². The summed E-state index contributed by atoms with van der Waals surface area (Å²) in [5.41, 5.74) is 7.74. The van der Waals surface area contributed by atoms with E-state index in [1.54, 1.807) is 4.68 Å². The van der Waals surface area contributed by atoms with Crippen LogP contribution >= 0.6 is 0 Å². The Bertz CT molecular complexity index is 419. The minimum Gasteiger partial charge on any atom is -0.323 e. The van der Waals surface area contributed by atoms with Crippen LogP contribution < -0.4 is 5.73 Å². The smallest absolute Gasteiger partial charge is 0.0991 e. The highest BCUT2D eigenvalue weighted by molar-refractivity contribution is 5.15. The molecule has 0 spiro atoms. The first-order chi connectivity index (χ1) is 7.25. The molecule has 15 heavy (non-hydrogen) atoms. The van der Waals surface area contributed by atoms with Crippen molar-refractivity contribution in [3.63, 3.8) is 0 Å². The summed E-state index contributed by atoms with van der Waals surface area (Å²) < 4.78 is 1.80. The first kappa shape index (κ1) is 9.86. The lowest BCUT2D eigenvalue weighted by atomic mass is 10.2. The highest BCUT2D eigenvalue weighted by atomic mass is 15.4. The number of aromatic nitrogens is 3. The fourth-order valence-corrected chi connectivity index (χ4v) is 1.37. The van der Waals surface area contributed by atoms with E-state index in [0.29, 0.717) is 0 Å². The topological polar surface area (TPSA) is 56.7 Å². The average Bonchev–Trinajstić information content (AvgIpc) is 2.68. The molecule has 1 heterocycles.